The SMILES string of the molecule is Cc1cccc(OCCN(C)C(=O)/C=C/c2c(C)nn(C)c2C)c1. The maximum atomic E-state index is 12.2. The van der Waals surface area contributed by atoms with E-state index in [0.717, 1.165) is 28.3 Å². The zero-order chi connectivity index (χ0) is 17.7. The number of carbonyl (C=O) groups excluding carboxylic acids is 1. The lowest BCUT2D eigenvalue weighted by Gasteiger charge is -2.15. The van der Waals surface area contributed by atoms with Gasteiger partial charge in [-0.2, -0.15) is 5.10 Å². The summed E-state index contributed by atoms with van der Waals surface area (Å²) in [6.45, 7) is 6.95. The normalized spacial score (nSPS) is 11.0. The van der Waals surface area contributed by atoms with Gasteiger partial charge in [-0.1, -0.05) is 12.1 Å². The van der Waals surface area contributed by atoms with E-state index in [1.54, 1.807) is 18.0 Å². The van der Waals surface area contributed by atoms with E-state index in [4.69, 9.17) is 4.74 Å². The largest absolute Gasteiger partial charge is 0.492 e. The van der Waals surface area contributed by atoms with Crippen LogP contribution < -0.4 is 4.74 Å². The third kappa shape index (κ3) is 4.47. The molecule has 0 spiro atoms. The van der Waals surface area contributed by atoms with Crippen LogP contribution in [-0.2, 0) is 11.8 Å². The number of amides is 1. The van der Waals surface area contributed by atoms with Crippen molar-refractivity contribution in [2.45, 2.75) is 20.8 Å². The van der Waals surface area contributed by atoms with Crippen molar-refractivity contribution in [2.75, 3.05) is 20.2 Å². The molecule has 0 saturated carbocycles. The first-order chi connectivity index (χ1) is 11.4. The van der Waals surface area contributed by atoms with Gasteiger partial charge in [0.05, 0.1) is 12.2 Å². The number of carbonyl (C=O) groups is 1. The minimum atomic E-state index is -0.0505. The molecule has 0 aliphatic heterocycles. The molecule has 128 valence electrons. The summed E-state index contributed by atoms with van der Waals surface area (Å²) in [5.41, 5.74) is 4.11. The highest BCUT2D eigenvalue weighted by Crippen LogP contribution is 2.14. The third-order valence-corrected chi connectivity index (χ3v) is 4.02. The number of rotatable bonds is 6. The molecule has 1 aromatic carbocycles. The summed E-state index contributed by atoms with van der Waals surface area (Å²) in [7, 11) is 3.67. The molecular formula is C19H25N3O2. The van der Waals surface area contributed by atoms with Crippen LogP contribution in [0, 0.1) is 20.8 Å². The molecule has 5 heteroatoms. The first-order valence-corrected chi connectivity index (χ1v) is 8.01. The number of hydrogen-bond donors (Lipinski definition) is 0. The molecule has 1 heterocycles. The average Bonchev–Trinajstić information content (AvgIpc) is 2.77. The highest BCUT2D eigenvalue weighted by atomic mass is 16.5. The minimum absolute atomic E-state index is 0.0505. The van der Waals surface area contributed by atoms with Gasteiger partial charge in [0, 0.05) is 31.4 Å². The highest BCUT2D eigenvalue weighted by Gasteiger charge is 2.09. The van der Waals surface area contributed by atoms with Crippen LogP contribution in [0.3, 0.4) is 0 Å². The summed E-state index contributed by atoms with van der Waals surface area (Å²) >= 11 is 0. The van der Waals surface area contributed by atoms with Gasteiger partial charge in [-0.15, -0.1) is 0 Å². The fourth-order valence-electron chi connectivity index (χ4n) is 2.43. The Labute approximate surface area is 143 Å². The van der Waals surface area contributed by atoms with E-state index in [9.17, 15) is 4.79 Å². The molecule has 0 radical (unpaired) electrons. The molecule has 2 aromatic rings. The summed E-state index contributed by atoms with van der Waals surface area (Å²) in [4.78, 5) is 13.8. The summed E-state index contributed by atoms with van der Waals surface area (Å²) in [5.74, 6) is 0.776. The third-order valence-electron chi connectivity index (χ3n) is 4.02. The second-order valence-corrected chi connectivity index (χ2v) is 5.97. The number of ether oxygens (including phenoxy) is 1. The number of likely N-dealkylation sites (N-methyl/N-ethyl adjacent to an activating group) is 1. The molecule has 0 fully saturated rings. The van der Waals surface area contributed by atoms with Crippen molar-refractivity contribution >= 4 is 12.0 Å². The Morgan fingerprint density at radius 3 is 2.71 bits per heavy atom. The Bertz CT molecular complexity index is 747. The lowest BCUT2D eigenvalue weighted by atomic mass is 10.2. The summed E-state index contributed by atoms with van der Waals surface area (Å²) in [5, 5.41) is 4.34. The smallest absolute Gasteiger partial charge is 0.246 e. The Kier molecular flexibility index (Phi) is 5.79. The fourth-order valence-corrected chi connectivity index (χ4v) is 2.43. The Balaban J connectivity index is 1.87. The molecule has 0 unspecified atom stereocenters. The number of benzene rings is 1. The van der Waals surface area contributed by atoms with Gasteiger partial charge in [0.25, 0.3) is 0 Å². The van der Waals surface area contributed by atoms with Crippen LogP contribution in [-0.4, -0.2) is 40.8 Å². The van der Waals surface area contributed by atoms with Gasteiger partial charge in [-0.05, 0) is 44.5 Å². The Hall–Kier alpha value is -2.56. The van der Waals surface area contributed by atoms with E-state index in [1.165, 1.54) is 0 Å². The Morgan fingerprint density at radius 1 is 1.33 bits per heavy atom. The van der Waals surface area contributed by atoms with Crippen LogP contribution in [0.15, 0.2) is 30.3 Å². The molecule has 0 saturated heterocycles. The monoisotopic (exact) mass is 327 g/mol. The molecule has 0 aliphatic carbocycles. The van der Waals surface area contributed by atoms with E-state index in [0.29, 0.717) is 13.2 Å². The summed E-state index contributed by atoms with van der Waals surface area (Å²) < 4.78 is 7.50. The van der Waals surface area contributed by atoms with Crippen molar-refractivity contribution in [1.29, 1.82) is 0 Å². The molecular weight excluding hydrogens is 302 g/mol. The quantitative estimate of drug-likeness (QED) is 0.767. The molecule has 0 bridgehead atoms. The number of aryl methyl sites for hydroxylation is 3. The van der Waals surface area contributed by atoms with Gasteiger partial charge in [0.2, 0.25) is 5.91 Å². The highest BCUT2D eigenvalue weighted by molar-refractivity contribution is 5.91. The standard InChI is InChI=1S/C19H25N3O2/c1-14-7-6-8-17(13-14)24-12-11-21(4)19(23)10-9-18-15(2)20-22(5)16(18)3/h6-10,13H,11-12H2,1-5H3/b10-9+. The van der Waals surface area contributed by atoms with Gasteiger partial charge in [-0.3, -0.25) is 9.48 Å². The molecule has 1 aromatic heterocycles. The maximum absolute atomic E-state index is 12.2. The molecule has 2 rings (SSSR count). The summed E-state index contributed by atoms with van der Waals surface area (Å²) in [6, 6.07) is 7.88. The fraction of sp³-hybridized carbons (Fsp3) is 0.368. The van der Waals surface area contributed by atoms with Gasteiger partial charge in [0.1, 0.15) is 12.4 Å². The van der Waals surface area contributed by atoms with Crippen molar-refractivity contribution in [3.05, 3.63) is 52.9 Å². The van der Waals surface area contributed by atoms with Crippen molar-refractivity contribution in [1.82, 2.24) is 14.7 Å². The number of hydrogen-bond acceptors (Lipinski definition) is 3. The topological polar surface area (TPSA) is 47.4 Å². The average molecular weight is 327 g/mol. The van der Waals surface area contributed by atoms with Crippen LogP contribution in [0.5, 0.6) is 5.75 Å². The van der Waals surface area contributed by atoms with Crippen LogP contribution in [0.4, 0.5) is 0 Å². The van der Waals surface area contributed by atoms with Gasteiger partial charge in [-0.25, -0.2) is 0 Å². The predicted molar refractivity (Wildman–Crippen MR) is 96.0 cm³/mol. The van der Waals surface area contributed by atoms with Crippen molar-refractivity contribution in [3.8, 4) is 5.75 Å². The number of aromatic nitrogens is 2. The molecule has 0 atom stereocenters. The van der Waals surface area contributed by atoms with Crippen molar-refractivity contribution in [3.63, 3.8) is 0 Å². The molecule has 0 aliphatic rings. The van der Waals surface area contributed by atoms with E-state index < -0.39 is 0 Å². The minimum Gasteiger partial charge on any atom is -0.492 e. The van der Waals surface area contributed by atoms with Crippen molar-refractivity contribution < 1.29 is 9.53 Å². The summed E-state index contributed by atoms with van der Waals surface area (Å²) in [6.07, 6.45) is 3.42. The van der Waals surface area contributed by atoms with E-state index >= 15 is 0 Å². The molecule has 0 N–H and O–H groups in total. The molecule has 5 nitrogen and oxygen atoms in total. The van der Waals surface area contributed by atoms with Gasteiger partial charge < -0.3 is 9.64 Å². The van der Waals surface area contributed by atoms with Gasteiger partial charge in [0.15, 0.2) is 0 Å². The predicted octanol–water partition coefficient (Wildman–Crippen LogP) is 2.90. The van der Waals surface area contributed by atoms with E-state index in [1.807, 2.05) is 62.8 Å². The first kappa shape index (κ1) is 17.8. The zero-order valence-electron chi connectivity index (χ0n) is 15.0. The van der Waals surface area contributed by atoms with Crippen LogP contribution in [0.1, 0.15) is 22.5 Å². The second kappa shape index (κ2) is 7.81. The van der Waals surface area contributed by atoms with Crippen molar-refractivity contribution in [2.24, 2.45) is 7.05 Å². The lowest BCUT2D eigenvalue weighted by Crippen LogP contribution is -2.29. The molecule has 1 amide bonds. The zero-order valence-corrected chi connectivity index (χ0v) is 15.0. The van der Waals surface area contributed by atoms with Crippen LogP contribution >= 0.6 is 0 Å². The molecule has 24 heavy (non-hydrogen) atoms. The Morgan fingerprint density at radius 2 is 2.08 bits per heavy atom. The lowest BCUT2D eigenvalue weighted by molar-refractivity contribution is -0.125. The second-order valence-electron chi connectivity index (χ2n) is 5.97. The van der Waals surface area contributed by atoms with E-state index in [2.05, 4.69) is 5.10 Å². The van der Waals surface area contributed by atoms with Gasteiger partial charge >= 0.3 is 0 Å². The maximum Gasteiger partial charge on any atom is 0.246 e. The number of nitrogens with zero attached hydrogens (tertiary/aromatic N) is 3. The van der Waals surface area contributed by atoms with E-state index in [-0.39, 0.29) is 5.91 Å². The first-order valence-electron chi connectivity index (χ1n) is 8.01. The van der Waals surface area contributed by atoms with Crippen LogP contribution in [0.25, 0.3) is 6.08 Å². The van der Waals surface area contributed by atoms with Crippen LogP contribution in [0.2, 0.25) is 0 Å².